The van der Waals surface area contributed by atoms with Crippen molar-refractivity contribution in [1.29, 1.82) is 0 Å². The quantitative estimate of drug-likeness (QED) is 0.895. The first-order chi connectivity index (χ1) is 8.33. The van der Waals surface area contributed by atoms with Gasteiger partial charge in [-0.1, -0.05) is 20.8 Å². The Bertz CT molecular complexity index is 424. The van der Waals surface area contributed by atoms with Crippen LogP contribution in [0.1, 0.15) is 37.6 Å². The van der Waals surface area contributed by atoms with Crippen molar-refractivity contribution >= 4 is 5.91 Å². The van der Waals surface area contributed by atoms with Crippen LogP contribution in [0.3, 0.4) is 0 Å². The lowest BCUT2D eigenvalue weighted by molar-refractivity contribution is 0.0945. The minimum absolute atomic E-state index is 0.0460. The zero-order chi connectivity index (χ0) is 13.8. The highest BCUT2D eigenvalue weighted by Gasteiger charge is 2.14. The zero-order valence-electron chi connectivity index (χ0n) is 11.3. The predicted molar refractivity (Wildman–Crippen MR) is 69.4 cm³/mol. The first-order valence-corrected chi connectivity index (χ1v) is 5.95. The summed E-state index contributed by atoms with van der Waals surface area (Å²) >= 11 is 0. The van der Waals surface area contributed by atoms with E-state index in [2.05, 4.69) is 26.1 Å². The number of carbonyl (C=O) groups excluding carboxylic acids is 1. The lowest BCUT2D eigenvalue weighted by Crippen LogP contribution is -2.27. The number of hydrogen-bond donors (Lipinski definition) is 1. The third kappa shape index (κ3) is 4.35. The van der Waals surface area contributed by atoms with Crippen LogP contribution in [-0.4, -0.2) is 19.6 Å². The molecule has 1 N–H and O–H groups in total. The number of rotatable bonds is 4. The van der Waals surface area contributed by atoms with Gasteiger partial charge in [0.25, 0.3) is 5.91 Å². The van der Waals surface area contributed by atoms with E-state index in [4.69, 9.17) is 4.74 Å². The first kappa shape index (κ1) is 14.5. The average molecular weight is 253 g/mol. The highest BCUT2D eigenvalue weighted by molar-refractivity contribution is 5.94. The molecule has 0 heterocycles. The molecule has 0 saturated carbocycles. The summed E-state index contributed by atoms with van der Waals surface area (Å²) in [5.41, 5.74) is 0.191. The summed E-state index contributed by atoms with van der Waals surface area (Å²) in [7, 11) is 1.46. The van der Waals surface area contributed by atoms with E-state index in [1.165, 1.54) is 19.2 Å². The van der Waals surface area contributed by atoms with Gasteiger partial charge in [0.2, 0.25) is 0 Å². The van der Waals surface area contributed by atoms with Crippen molar-refractivity contribution in [2.24, 2.45) is 5.41 Å². The van der Waals surface area contributed by atoms with Crippen LogP contribution in [0, 0.1) is 11.2 Å². The molecule has 100 valence electrons. The number of amides is 1. The summed E-state index contributed by atoms with van der Waals surface area (Å²) < 4.78 is 18.5. The maximum absolute atomic E-state index is 13.6. The molecule has 4 heteroatoms. The predicted octanol–water partition coefficient (Wildman–Crippen LogP) is 3.00. The topological polar surface area (TPSA) is 38.3 Å². The van der Waals surface area contributed by atoms with Crippen LogP contribution < -0.4 is 10.1 Å². The van der Waals surface area contributed by atoms with Gasteiger partial charge < -0.3 is 10.1 Å². The van der Waals surface area contributed by atoms with Crippen molar-refractivity contribution in [2.45, 2.75) is 27.2 Å². The lowest BCUT2D eigenvalue weighted by Gasteiger charge is -2.18. The second kappa shape index (κ2) is 5.85. The van der Waals surface area contributed by atoms with E-state index in [-0.39, 0.29) is 16.9 Å². The average Bonchev–Trinajstić information content (AvgIpc) is 2.26. The van der Waals surface area contributed by atoms with E-state index in [0.29, 0.717) is 12.3 Å². The molecule has 1 aromatic rings. The molecule has 0 saturated heterocycles. The Morgan fingerprint density at radius 1 is 1.39 bits per heavy atom. The third-order valence-electron chi connectivity index (χ3n) is 2.58. The van der Waals surface area contributed by atoms with Crippen molar-refractivity contribution in [3.05, 3.63) is 29.6 Å². The van der Waals surface area contributed by atoms with Crippen molar-refractivity contribution in [1.82, 2.24) is 5.32 Å². The van der Waals surface area contributed by atoms with Crippen molar-refractivity contribution in [3.63, 3.8) is 0 Å². The smallest absolute Gasteiger partial charge is 0.254 e. The van der Waals surface area contributed by atoms with Gasteiger partial charge in [-0.2, -0.15) is 0 Å². The molecule has 0 aliphatic heterocycles. The number of benzene rings is 1. The molecule has 0 radical (unpaired) electrons. The molecule has 0 aromatic heterocycles. The monoisotopic (exact) mass is 253 g/mol. The summed E-state index contributed by atoms with van der Waals surface area (Å²) in [4.78, 5) is 11.8. The number of hydrogen-bond acceptors (Lipinski definition) is 2. The number of methoxy groups -OCH3 is 1. The van der Waals surface area contributed by atoms with E-state index in [9.17, 15) is 9.18 Å². The molecule has 0 unspecified atom stereocenters. The Kier molecular flexibility index (Phi) is 4.70. The fourth-order valence-electron chi connectivity index (χ4n) is 1.45. The Morgan fingerprint density at radius 3 is 2.56 bits per heavy atom. The molecule has 0 atom stereocenters. The number of nitrogens with one attached hydrogen (secondary N) is 1. The maximum atomic E-state index is 13.6. The van der Waals surface area contributed by atoms with Crippen LogP contribution in [0.15, 0.2) is 18.2 Å². The van der Waals surface area contributed by atoms with Crippen molar-refractivity contribution < 1.29 is 13.9 Å². The Labute approximate surface area is 107 Å². The third-order valence-corrected chi connectivity index (χ3v) is 2.58. The minimum atomic E-state index is -0.567. The van der Waals surface area contributed by atoms with E-state index >= 15 is 0 Å². The summed E-state index contributed by atoms with van der Waals surface area (Å²) in [5, 5.41) is 2.71. The molecule has 0 spiro atoms. The highest BCUT2D eigenvalue weighted by Crippen LogP contribution is 2.18. The van der Waals surface area contributed by atoms with Gasteiger partial charge in [0.1, 0.15) is 11.6 Å². The molecule has 1 aromatic carbocycles. The van der Waals surface area contributed by atoms with Gasteiger partial charge in [-0.3, -0.25) is 4.79 Å². The molecule has 3 nitrogen and oxygen atoms in total. The van der Waals surface area contributed by atoms with Gasteiger partial charge in [-0.05, 0) is 24.0 Å². The normalized spacial score (nSPS) is 11.2. The van der Waals surface area contributed by atoms with E-state index in [0.717, 1.165) is 6.42 Å². The highest BCUT2D eigenvalue weighted by atomic mass is 19.1. The summed E-state index contributed by atoms with van der Waals surface area (Å²) in [6.45, 7) is 6.81. The molecule has 0 aliphatic rings. The number of ether oxygens (including phenoxy) is 1. The standard InChI is InChI=1S/C14H20FNO2/c1-14(2,3)7-8-16-13(17)11-6-5-10(18-4)9-12(11)15/h5-6,9H,7-8H2,1-4H3,(H,16,17). The van der Waals surface area contributed by atoms with Gasteiger partial charge >= 0.3 is 0 Å². The fourth-order valence-corrected chi connectivity index (χ4v) is 1.45. The van der Waals surface area contributed by atoms with Crippen LogP contribution >= 0.6 is 0 Å². The Morgan fingerprint density at radius 2 is 2.06 bits per heavy atom. The van der Waals surface area contributed by atoms with Crippen LogP contribution in [0.2, 0.25) is 0 Å². The number of carbonyl (C=O) groups is 1. The van der Waals surface area contributed by atoms with Gasteiger partial charge in [0.05, 0.1) is 12.7 Å². The molecule has 1 amide bonds. The van der Waals surface area contributed by atoms with E-state index in [1.54, 1.807) is 6.07 Å². The van der Waals surface area contributed by atoms with Crippen LogP contribution in [0.25, 0.3) is 0 Å². The molecule has 18 heavy (non-hydrogen) atoms. The van der Waals surface area contributed by atoms with Crippen LogP contribution in [0.5, 0.6) is 5.75 Å². The van der Waals surface area contributed by atoms with Gasteiger partial charge in [0, 0.05) is 12.6 Å². The molecule has 0 fully saturated rings. The van der Waals surface area contributed by atoms with Gasteiger partial charge in [-0.25, -0.2) is 4.39 Å². The fraction of sp³-hybridized carbons (Fsp3) is 0.500. The molecular weight excluding hydrogens is 233 g/mol. The van der Waals surface area contributed by atoms with Crippen molar-refractivity contribution in [3.8, 4) is 5.75 Å². The second-order valence-electron chi connectivity index (χ2n) is 5.41. The molecular formula is C14H20FNO2. The van der Waals surface area contributed by atoms with Crippen LogP contribution in [-0.2, 0) is 0 Å². The molecule has 0 bridgehead atoms. The molecule has 1 rings (SSSR count). The van der Waals surface area contributed by atoms with Gasteiger partial charge in [0.15, 0.2) is 0 Å². The lowest BCUT2D eigenvalue weighted by atomic mass is 9.92. The zero-order valence-corrected chi connectivity index (χ0v) is 11.3. The number of halogens is 1. The minimum Gasteiger partial charge on any atom is -0.497 e. The summed E-state index contributed by atoms with van der Waals surface area (Å²) in [6, 6.07) is 4.21. The van der Waals surface area contributed by atoms with Crippen LogP contribution in [0.4, 0.5) is 4.39 Å². The van der Waals surface area contributed by atoms with Crippen molar-refractivity contribution in [2.75, 3.05) is 13.7 Å². The SMILES string of the molecule is COc1ccc(C(=O)NCCC(C)(C)C)c(F)c1. The summed E-state index contributed by atoms with van der Waals surface area (Å²) in [6.07, 6.45) is 0.844. The maximum Gasteiger partial charge on any atom is 0.254 e. The van der Waals surface area contributed by atoms with E-state index in [1.807, 2.05) is 0 Å². The largest absolute Gasteiger partial charge is 0.497 e. The Hall–Kier alpha value is -1.58. The molecule has 0 aliphatic carbocycles. The van der Waals surface area contributed by atoms with Gasteiger partial charge in [-0.15, -0.1) is 0 Å². The summed E-state index contributed by atoms with van der Waals surface area (Å²) in [5.74, 6) is -0.555. The second-order valence-corrected chi connectivity index (χ2v) is 5.41. The first-order valence-electron chi connectivity index (χ1n) is 5.95. The van der Waals surface area contributed by atoms with E-state index < -0.39 is 5.82 Å². The Balaban J connectivity index is 2.62.